The highest BCUT2D eigenvalue weighted by molar-refractivity contribution is 9.10. The van der Waals surface area contributed by atoms with Crippen LogP contribution in [0.25, 0.3) is 0 Å². The monoisotopic (exact) mass is 478 g/mol. The van der Waals surface area contributed by atoms with E-state index in [9.17, 15) is 9.59 Å². The van der Waals surface area contributed by atoms with Gasteiger partial charge in [0.2, 0.25) is 5.91 Å². The third-order valence-corrected chi connectivity index (χ3v) is 5.23. The molecule has 9 heteroatoms. The lowest BCUT2D eigenvalue weighted by Crippen LogP contribution is -2.19. The van der Waals surface area contributed by atoms with Gasteiger partial charge in [-0.1, -0.05) is 27.5 Å². The van der Waals surface area contributed by atoms with E-state index in [1.165, 1.54) is 11.3 Å². The summed E-state index contributed by atoms with van der Waals surface area (Å²) in [5.41, 5.74) is 2.91. The van der Waals surface area contributed by atoms with E-state index in [1.807, 2.05) is 25.1 Å². The average Bonchev–Trinajstić information content (AvgIpc) is 3.06. The maximum absolute atomic E-state index is 12.3. The highest BCUT2D eigenvalue weighted by atomic mass is 79.9. The summed E-state index contributed by atoms with van der Waals surface area (Å²) in [5.74, 6) is -0.173. The van der Waals surface area contributed by atoms with E-state index in [4.69, 9.17) is 11.6 Å². The minimum atomic E-state index is -0.418. The summed E-state index contributed by atoms with van der Waals surface area (Å²) in [5, 5.41) is 10.9. The first-order valence-corrected chi connectivity index (χ1v) is 10.3. The largest absolute Gasteiger partial charge is 0.326 e. The van der Waals surface area contributed by atoms with E-state index in [-0.39, 0.29) is 12.3 Å². The molecule has 0 atom stereocenters. The number of hydrogen-bond donors (Lipinski definition) is 3. The maximum atomic E-state index is 12.3. The molecule has 6 nitrogen and oxygen atoms in total. The van der Waals surface area contributed by atoms with Gasteiger partial charge in [-0.05, 0) is 55.0 Å². The fraction of sp³-hybridized carbons (Fsp3) is 0.105. The van der Waals surface area contributed by atoms with Gasteiger partial charge in [0, 0.05) is 26.3 Å². The van der Waals surface area contributed by atoms with Crippen molar-refractivity contribution in [2.45, 2.75) is 13.3 Å². The first-order chi connectivity index (χ1) is 13.4. The highest BCUT2D eigenvalue weighted by Gasteiger charge is 2.11. The Morgan fingerprint density at radius 2 is 1.86 bits per heavy atom. The molecule has 0 spiro atoms. The van der Waals surface area contributed by atoms with Crippen molar-refractivity contribution < 1.29 is 9.59 Å². The predicted octanol–water partition coefficient (Wildman–Crippen LogP) is 5.69. The van der Waals surface area contributed by atoms with Gasteiger partial charge in [-0.15, -0.1) is 11.3 Å². The normalized spacial score (nSPS) is 10.4. The van der Waals surface area contributed by atoms with Crippen LogP contribution in [0.5, 0.6) is 0 Å². The molecule has 0 fully saturated rings. The summed E-state index contributed by atoms with van der Waals surface area (Å²) in [6.07, 6.45) is 0.118. The summed E-state index contributed by atoms with van der Waals surface area (Å²) in [4.78, 5) is 28.6. The zero-order valence-corrected chi connectivity index (χ0v) is 17.9. The fourth-order valence-corrected chi connectivity index (χ4v) is 3.67. The molecule has 1 heterocycles. The van der Waals surface area contributed by atoms with Crippen LogP contribution < -0.4 is 16.0 Å². The maximum Gasteiger partial charge on any atom is 0.325 e. The lowest BCUT2D eigenvalue weighted by Gasteiger charge is -2.08. The van der Waals surface area contributed by atoms with Gasteiger partial charge in [-0.25, -0.2) is 9.78 Å². The lowest BCUT2D eigenvalue weighted by atomic mass is 10.2. The van der Waals surface area contributed by atoms with Gasteiger partial charge in [0.1, 0.15) is 0 Å². The van der Waals surface area contributed by atoms with Gasteiger partial charge in [0.05, 0.1) is 12.1 Å². The standard InChI is InChI=1S/C19H16BrClN4O2S/c1-11-8-12(20)2-7-16(11)24-17(26)9-15-10-28-19(23-15)25-18(27)22-14-5-3-13(21)4-6-14/h2-8,10H,9H2,1H3,(H,24,26)(H2,22,23,25,27). The quantitative estimate of drug-likeness (QED) is 0.439. The molecule has 3 aromatic rings. The molecule has 0 aliphatic rings. The van der Waals surface area contributed by atoms with E-state index >= 15 is 0 Å². The van der Waals surface area contributed by atoms with Crippen molar-refractivity contribution >= 4 is 67.3 Å². The molecular formula is C19H16BrClN4O2S. The molecule has 28 heavy (non-hydrogen) atoms. The molecule has 1 aromatic heterocycles. The van der Waals surface area contributed by atoms with Crippen LogP contribution in [0.1, 0.15) is 11.3 Å². The number of aryl methyl sites for hydroxylation is 1. The van der Waals surface area contributed by atoms with E-state index in [0.717, 1.165) is 15.7 Å². The molecule has 0 saturated heterocycles. The van der Waals surface area contributed by atoms with Crippen molar-refractivity contribution in [1.29, 1.82) is 0 Å². The lowest BCUT2D eigenvalue weighted by molar-refractivity contribution is -0.115. The topological polar surface area (TPSA) is 83.1 Å². The van der Waals surface area contributed by atoms with Crippen LogP contribution >= 0.6 is 38.9 Å². The first-order valence-electron chi connectivity index (χ1n) is 8.23. The number of halogens is 2. The minimum absolute atomic E-state index is 0.118. The Labute approximate surface area is 179 Å². The second-order valence-electron chi connectivity index (χ2n) is 5.91. The van der Waals surface area contributed by atoms with E-state index < -0.39 is 6.03 Å². The number of carbonyl (C=O) groups excluding carboxylic acids is 2. The van der Waals surface area contributed by atoms with Crippen molar-refractivity contribution in [1.82, 2.24) is 4.98 Å². The van der Waals surface area contributed by atoms with Crippen LogP contribution in [-0.4, -0.2) is 16.9 Å². The van der Waals surface area contributed by atoms with Crippen LogP contribution in [0.15, 0.2) is 52.3 Å². The Morgan fingerprint density at radius 1 is 1.11 bits per heavy atom. The first kappa shape index (κ1) is 20.3. The summed E-state index contributed by atoms with van der Waals surface area (Å²) < 4.78 is 0.954. The smallest absolute Gasteiger partial charge is 0.325 e. The molecule has 0 unspecified atom stereocenters. The Balaban J connectivity index is 1.53. The SMILES string of the molecule is Cc1cc(Br)ccc1NC(=O)Cc1csc(NC(=O)Nc2ccc(Cl)cc2)n1. The number of hydrogen-bond acceptors (Lipinski definition) is 4. The van der Waals surface area contributed by atoms with Crippen molar-refractivity contribution in [2.24, 2.45) is 0 Å². The molecule has 0 radical (unpaired) electrons. The van der Waals surface area contributed by atoms with E-state index in [0.29, 0.717) is 21.5 Å². The van der Waals surface area contributed by atoms with Gasteiger partial charge in [-0.2, -0.15) is 0 Å². The molecule has 3 N–H and O–H groups in total. The third kappa shape index (κ3) is 5.79. The van der Waals surface area contributed by atoms with Crippen LogP contribution in [0, 0.1) is 6.92 Å². The van der Waals surface area contributed by atoms with Gasteiger partial charge < -0.3 is 10.6 Å². The predicted molar refractivity (Wildman–Crippen MR) is 117 cm³/mol. The number of nitrogens with one attached hydrogen (secondary N) is 3. The third-order valence-electron chi connectivity index (χ3n) is 3.68. The van der Waals surface area contributed by atoms with Crippen molar-refractivity contribution in [3.63, 3.8) is 0 Å². The van der Waals surface area contributed by atoms with Crippen LogP contribution in [-0.2, 0) is 11.2 Å². The number of amides is 3. The molecule has 3 amide bonds. The van der Waals surface area contributed by atoms with Crippen molar-refractivity contribution in [3.8, 4) is 0 Å². The van der Waals surface area contributed by atoms with Crippen molar-refractivity contribution in [3.05, 3.63) is 68.6 Å². The second kappa shape index (κ2) is 9.18. The van der Waals surface area contributed by atoms with E-state index in [1.54, 1.807) is 29.6 Å². The Bertz CT molecular complexity index is 1010. The van der Waals surface area contributed by atoms with Gasteiger partial charge in [0.15, 0.2) is 5.13 Å². The van der Waals surface area contributed by atoms with Gasteiger partial charge >= 0.3 is 6.03 Å². The molecule has 0 aliphatic carbocycles. The molecule has 3 rings (SSSR count). The van der Waals surface area contributed by atoms with Gasteiger partial charge in [-0.3, -0.25) is 10.1 Å². The molecular weight excluding hydrogens is 464 g/mol. The zero-order chi connectivity index (χ0) is 20.1. The van der Waals surface area contributed by atoms with Crippen LogP contribution in [0.3, 0.4) is 0 Å². The summed E-state index contributed by atoms with van der Waals surface area (Å²) >= 11 is 10.5. The summed E-state index contributed by atoms with van der Waals surface area (Å²) in [6, 6.07) is 12.0. The van der Waals surface area contributed by atoms with Gasteiger partial charge in [0.25, 0.3) is 0 Å². The molecule has 2 aromatic carbocycles. The minimum Gasteiger partial charge on any atom is -0.326 e. The summed E-state index contributed by atoms with van der Waals surface area (Å²) in [6.45, 7) is 1.92. The second-order valence-corrected chi connectivity index (χ2v) is 8.12. The molecule has 0 bridgehead atoms. The number of aromatic nitrogens is 1. The summed E-state index contributed by atoms with van der Waals surface area (Å²) in [7, 11) is 0. The number of rotatable bonds is 5. The number of urea groups is 1. The Kier molecular flexibility index (Phi) is 6.66. The number of anilines is 3. The zero-order valence-electron chi connectivity index (χ0n) is 14.8. The molecule has 0 aliphatic heterocycles. The number of thiazole rings is 1. The number of carbonyl (C=O) groups is 2. The highest BCUT2D eigenvalue weighted by Crippen LogP contribution is 2.21. The average molecular weight is 480 g/mol. The van der Waals surface area contributed by atoms with Crippen molar-refractivity contribution in [2.75, 3.05) is 16.0 Å². The fourth-order valence-electron chi connectivity index (χ4n) is 2.36. The van der Waals surface area contributed by atoms with E-state index in [2.05, 4.69) is 36.9 Å². The Hall–Kier alpha value is -2.42. The molecule has 0 saturated carbocycles. The molecule has 144 valence electrons. The van der Waals surface area contributed by atoms with Crippen LogP contribution in [0.2, 0.25) is 5.02 Å². The number of nitrogens with zero attached hydrogens (tertiary/aromatic N) is 1. The van der Waals surface area contributed by atoms with Crippen LogP contribution in [0.4, 0.5) is 21.3 Å². The Morgan fingerprint density at radius 3 is 2.57 bits per heavy atom. The number of benzene rings is 2.